The summed E-state index contributed by atoms with van der Waals surface area (Å²) in [6, 6.07) is 15.1. The van der Waals surface area contributed by atoms with Gasteiger partial charge in [0.15, 0.2) is 0 Å². The molecule has 3 aromatic rings. The number of benzene rings is 3. The Kier molecular flexibility index (Phi) is 10.2. The van der Waals surface area contributed by atoms with E-state index in [2.05, 4.69) is 10.6 Å². The predicted octanol–water partition coefficient (Wildman–Crippen LogP) is 3.90. The highest BCUT2D eigenvalue weighted by Gasteiger charge is 2.47. The molecule has 3 saturated heterocycles. The second-order valence-electron chi connectivity index (χ2n) is 13.2. The minimum absolute atomic E-state index is 0.0150. The lowest BCUT2D eigenvalue weighted by Gasteiger charge is -2.38. The summed E-state index contributed by atoms with van der Waals surface area (Å²) in [4.78, 5) is 44.8. The second kappa shape index (κ2) is 14.5. The van der Waals surface area contributed by atoms with E-state index in [4.69, 9.17) is 0 Å². The zero-order chi connectivity index (χ0) is 33.8. The number of aliphatic hydroxyl groups excluding tert-OH is 1. The highest BCUT2D eigenvalue weighted by atomic mass is 19.1. The molecule has 3 amide bonds. The predicted molar refractivity (Wildman–Crippen MR) is 173 cm³/mol. The average molecular weight is 663 g/mol. The Morgan fingerprint density at radius 1 is 0.771 bits per heavy atom. The monoisotopic (exact) mass is 662 g/mol. The third-order valence-corrected chi connectivity index (χ3v) is 10.2. The highest BCUT2D eigenvalue weighted by Crippen LogP contribution is 2.43. The third kappa shape index (κ3) is 6.98. The van der Waals surface area contributed by atoms with Gasteiger partial charge in [-0.2, -0.15) is 0 Å². The molecule has 3 atom stereocenters. The Labute approximate surface area is 278 Å². The number of likely N-dealkylation sites (tertiary alicyclic amines) is 2. The Hall–Kier alpha value is -4.22. The van der Waals surface area contributed by atoms with Crippen molar-refractivity contribution in [1.82, 2.24) is 20.4 Å². The second-order valence-corrected chi connectivity index (χ2v) is 13.2. The van der Waals surface area contributed by atoms with Crippen LogP contribution in [0.2, 0.25) is 0 Å². The number of carbonyl (C=O) groups excluding carboxylic acids is 3. The maximum absolute atomic E-state index is 14.5. The van der Waals surface area contributed by atoms with Gasteiger partial charge < -0.3 is 25.5 Å². The van der Waals surface area contributed by atoms with Gasteiger partial charge in [-0.05, 0) is 97.8 Å². The summed E-state index contributed by atoms with van der Waals surface area (Å²) >= 11 is 0. The van der Waals surface area contributed by atoms with Gasteiger partial charge in [-0.3, -0.25) is 14.4 Å². The van der Waals surface area contributed by atoms with Crippen molar-refractivity contribution in [2.24, 2.45) is 5.92 Å². The number of β-amino-alcohol motifs (C(OH)–C–C–N with tert-alkyl or cyclic N) is 1. The van der Waals surface area contributed by atoms with E-state index in [0.717, 1.165) is 25.9 Å². The van der Waals surface area contributed by atoms with E-state index in [1.165, 1.54) is 82.6 Å². The van der Waals surface area contributed by atoms with Crippen LogP contribution in [0.5, 0.6) is 0 Å². The van der Waals surface area contributed by atoms with Crippen LogP contribution in [0, 0.1) is 23.4 Å². The lowest BCUT2D eigenvalue weighted by Crippen LogP contribution is -2.54. The number of amides is 3. The molecule has 3 aliphatic heterocycles. The van der Waals surface area contributed by atoms with Gasteiger partial charge in [0.05, 0.1) is 11.5 Å². The van der Waals surface area contributed by atoms with Crippen molar-refractivity contribution in [2.45, 2.75) is 62.1 Å². The fourth-order valence-electron chi connectivity index (χ4n) is 7.60. The maximum Gasteiger partial charge on any atom is 0.246 e. The fraction of sp³-hybridized carbons (Fsp3) is 0.432. The molecule has 0 radical (unpaired) electrons. The Morgan fingerprint density at radius 3 is 1.81 bits per heavy atom. The lowest BCUT2D eigenvalue weighted by atomic mass is 9.67. The average Bonchev–Trinajstić information content (AvgIpc) is 3.75. The molecule has 0 bridgehead atoms. The molecule has 3 aliphatic rings. The summed E-state index contributed by atoms with van der Waals surface area (Å²) < 4.78 is 42.5. The Morgan fingerprint density at radius 2 is 1.29 bits per heavy atom. The first-order chi connectivity index (χ1) is 23.2. The van der Waals surface area contributed by atoms with Crippen LogP contribution in [0.15, 0.2) is 72.8 Å². The van der Waals surface area contributed by atoms with Crippen molar-refractivity contribution in [3.05, 3.63) is 107 Å². The van der Waals surface area contributed by atoms with Crippen LogP contribution in [-0.4, -0.2) is 83.5 Å². The summed E-state index contributed by atoms with van der Waals surface area (Å²) in [6.45, 7) is 2.63. The smallest absolute Gasteiger partial charge is 0.246 e. The molecule has 48 heavy (non-hydrogen) atoms. The molecule has 0 aliphatic carbocycles. The van der Waals surface area contributed by atoms with E-state index >= 15 is 0 Å². The number of hydrogen-bond donors (Lipinski definition) is 3. The Balaban J connectivity index is 1.30. The number of halogens is 3. The van der Waals surface area contributed by atoms with Gasteiger partial charge in [0.1, 0.15) is 29.5 Å². The molecule has 0 spiro atoms. The fourth-order valence-corrected chi connectivity index (χ4v) is 7.60. The number of piperidine rings is 1. The number of carbonyl (C=O) groups is 3. The molecular formula is C37H41F3N4O4. The number of nitrogens with zero attached hydrogens (tertiary/aromatic N) is 2. The standard InChI is InChI=1S/C37H41F3N4O4/c38-28-9-3-25(4-10-28)37(26-5-11-29(39)12-6-26,27-7-13-30(40)14-8-27)21-34(46)44-23-31(45)20-33(44)36(48)43-19-1-2-32(43)35(47)42-22-24-15-17-41-18-16-24/h3-14,24,31-33,41,45H,1-2,15-23H2,(H,42,47)/t31-,32-,33+/m1/s1. The van der Waals surface area contributed by atoms with Crippen molar-refractivity contribution >= 4 is 17.7 Å². The van der Waals surface area contributed by atoms with Crippen LogP contribution in [0.4, 0.5) is 13.2 Å². The topological polar surface area (TPSA) is 102 Å². The zero-order valence-corrected chi connectivity index (χ0v) is 26.7. The molecule has 3 fully saturated rings. The zero-order valence-electron chi connectivity index (χ0n) is 26.7. The summed E-state index contributed by atoms with van der Waals surface area (Å²) in [5.74, 6) is -2.19. The van der Waals surface area contributed by atoms with Gasteiger partial charge in [0.25, 0.3) is 0 Å². The summed E-state index contributed by atoms with van der Waals surface area (Å²) in [5.41, 5.74) is 0.173. The van der Waals surface area contributed by atoms with Crippen molar-refractivity contribution in [3.8, 4) is 0 Å². The molecule has 0 saturated carbocycles. The molecule has 3 heterocycles. The maximum atomic E-state index is 14.5. The molecule has 0 unspecified atom stereocenters. The molecule has 0 aromatic heterocycles. The molecule has 254 valence electrons. The lowest BCUT2D eigenvalue weighted by molar-refractivity contribution is -0.146. The van der Waals surface area contributed by atoms with Crippen molar-refractivity contribution in [1.29, 1.82) is 0 Å². The van der Waals surface area contributed by atoms with Crippen LogP contribution in [-0.2, 0) is 19.8 Å². The summed E-state index contributed by atoms with van der Waals surface area (Å²) in [7, 11) is 0. The van der Waals surface area contributed by atoms with Gasteiger partial charge in [0, 0.05) is 32.5 Å². The number of nitrogens with one attached hydrogen (secondary N) is 2. The van der Waals surface area contributed by atoms with Crippen LogP contribution in [0.3, 0.4) is 0 Å². The highest BCUT2D eigenvalue weighted by molar-refractivity contribution is 5.93. The van der Waals surface area contributed by atoms with Gasteiger partial charge in [-0.25, -0.2) is 13.2 Å². The van der Waals surface area contributed by atoms with E-state index < -0.39 is 52.9 Å². The van der Waals surface area contributed by atoms with Crippen LogP contribution in [0.1, 0.15) is 55.2 Å². The third-order valence-electron chi connectivity index (χ3n) is 10.2. The van der Waals surface area contributed by atoms with Crippen LogP contribution in [0.25, 0.3) is 0 Å². The van der Waals surface area contributed by atoms with Crippen LogP contribution < -0.4 is 10.6 Å². The normalized spacial score (nSPS) is 21.8. The summed E-state index contributed by atoms with van der Waals surface area (Å²) in [5, 5.41) is 17.1. The van der Waals surface area contributed by atoms with Crippen molar-refractivity contribution in [2.75, 3.05) is 32.7 Å². The number of aliphatic hydroxyl groups is 1. The minimum atomic E-state index is -1.34. The SMILES string of the molecule is O=C(NCC1CCNCC1)[C@H]1CCCN1C(=O)[C@@H]1C[C@@H](O)CN1C(=O)CC(c1ccc(F)cc1)(c1ccc(F)cc1)c1ccc(F)cc1. The van der Waals surface area contributed by atoms with E-state index in [9.17, 15) is 32.7 Å². The van der Waals surface area contributed by atoms with Gasteiger partial charge >= 0.3 is 0 Å². The Bertz CT molecular complexity index is 1490. The van der Waals surface area contributed by atoms with Gasteiger partial charge in [-0.1, -0.05) is 36.4 Å². The van der Waals surface area contributed by atoms with E-state index in [0.29, 0.717) is 48.5 Å². The summed E-state index contributed by atoms with van der Waals surface area (Å²) in [6.07, 6.45) is 1.86. The first kappa shape index (κ1) is 33.7. The van der Waals surface area contributed by atoms with Crippen molar-refractivity contribution < 1.29 is 32.7 Å². The molecule has 6 rings (SSSR count). The number of rotatable bonds is 9. The molecular weight excluding hydrogens is 621 g/mol. The quantitative estimate of drug-likeness (QED) is 0.302. The van der Waals surface area contributed by atoms with Crippen molar-refractivity contribution in [3.63, 3.8) is 0 Å². The molecule has 8 nitrogen and oxygen atoms in total. The molecule has 3 aromatic carbocycles. The minimum Gasteiger partial charge on any atom is -0.391 e. The first-order valence-corrected chi connectivity index (χ1v) is 16.7. The van der Waals surface area contributed by atoms with E-state index in [-0.39, 0.29) is 25.3 Å². The molecule has 11 heteroatoms. The van der Waals surface area contributed by atoms with E-state index in [1.807, 2.05) is 0 Å². The van der Waals surface area contributed by atoms with E-state index in [1.54, 1.807) is 0 Å². The van der Waals surface area contributed by atoms with Gasteiger partial charge in [0.2, 0.25) is 17.7 Å². The van der Waals surface area contributed by atoms with Crippen LogP contribution >= 0.6 is 0 Å². The first-order valence-electron chi connectivity index (χ1n) is 16.7. The van der Waals surface area contributed by atoms with Gasteiger partial charge in [-0.15, -0.1) is 0 Å². The number of hydrogen-bond acceptors (Lipinski definition) is 5. The molecule has 3 N–H and O–H groups in total. The largest absolute Gasteiger partial charge is 0.391 e.